The molecule has 0 fully saturated rings. The first-order chi connectivity index (χ1) is 8.90. The second-order valence-electron chi connectivity index (χ2n) is 5.79. The van der Waals surface area contributed by atoms with Crippen molar-refractivity contribution in [3.63, 3.8) is 0 Å². The quantitative estimate of drug-likeness (QED) is 0.843. The van der Waals surface area contributed by atoms with E-state index in [2.05, 4.69) is 13.8 Å². The number of benzene rings is 1. The summed E-state index contributed by atoms with van der Waals surface area (Å²) < 4.78 is 0. The molecule has 102 valence electrons. The molecule has 1 aromatic carbocycles. The van der Waals surface area contributed by atoms with Gasteiger partial charge in [0.25, 0.3) is 11.8 Å². The Labute approximate surface area is 113 Å². The molecule has 4 heteroatoms. The first-order valence-corrected chi connectivity index (χ1v) is 6.58. The second-order valence-corrected chi connectivity index (χ2v) is 5.79. The summed E-state index contributed by atoms with van der Waals surface area (Å²) in [5, 5.41) is 0. The van der Waals surface area contributed by atoms with Gasteiger partial charge in [0.2, 0.25) is 0 Å². The molecule has 0 saturated heterocycles. The van der Waals surface area contributed by atoms with Crippen molar-refractivity contribution in [3.8, 4) is 0 Å². The molecule has 4 nitrogen and oxygen atoms in total. The first kappa shape index (κ1) is 13.7. The topological polar surface area (TPSA) is 63.4 Å². The van der Waals surface area contributed by atoms with Crippen LogP contribution in [0, 0.1) is 5.92 Å². The molecule has 1 unspecified atom stereocenters. The number of nitrogens with two attached hydrogens (primary N) is 1. The van der Waals surface area contributed by atoms with Crippen LogP contribution in [0.2, 0.25) is 0 Å². The number of hydrogen-bond acceptors (Lipinski definition) is 3. The predicted molar refractivity (Wildman–Crippen MR) is 73.9 cm³/mol. The number of nitrogens with zero attached hydrogens (tertiary/aromatic N) is 1. The molecule has 2 amide bonds. The van der Waals surface area contributed by atoms with Crippen molar-refractivity contribution in [1.29, 1.82) is 0 Å². The summed E-state index contributed by atoms with van der Waals surface area (Å²) in [6, 6.07) is 6.94. The van der Waals surface area contributed by atoms with E-state index in [1.165, 1.54) is 4.90 Å². The van der Waals surface area contributed by atoms with Crippen molar-refractivity contribution in [3.05, 3.63) is 35.4 Å². The zero-order chi connectivity index (χ0) is 14.2. The van der Waals surface area contributed by atoms with Gasteiger partial charge in [0.1, 0.15) is 0 Å². The van der Waals surface area contributed by atoms with Crippen LogP contribution in [-0.4, -0.2) is 28.8 Å². The highest BCUT2D eigenvalue weighted by atomic mass is 16.2. The van der Waals surface area contributed by atoms with Gasteiger partial charge in [-0.15, -0.1) is 0 Å². The fourth-order valence-electron chi connectivity index (χ4n) is 2.82. The van der Waals surface area contributed by atoms with E-state index in [1.807, 2.05) is 6.92 Å². The van der Waals surface area contributed by atoms with Crippen LogP contribution in [0.25, 0.3) is 0 Å². The summed E-state index contributed by atoms with van der Waals surface area (Å²) in [5.41, 5.74) is 6.19. The summed E-state index contributed by atoms with van der Waals surface area (Å²) in [4.78, 5) is 26.2. The summed E-state index contributed by atoms with van der Waals surface area (Å²) in [7, 11) is 0. The lowest BCUT2D eigenvalue weighted by Gasteiger charge is -2.37. The Morgan fingerprint density at radius 3 is 2.00 bits per heavy atom. The molecule has 0 spiro atoms. The zero-order valence-corrected chi connectivity index (χ0v) is 11.6. The normalized spacial score (nSPS) is 17.8. The van der Waals surface area contributed by atoms with Crippen molar-refractivity contribution >= 4 is 11.8 Å². The molecule has 1 heterocycles. The van der Waals surface area contributed by atoms with E-state index in [0.717, 1.165) is 0 Å². The lowest BCUT2D eigenvalue weighted by Crippen LogP contribution is -2.55. The van der Waals surface area contributed by atoms with E-state index in [0.29, 0.717) is 23.5 Å². The van der Waals surface area contributed by atoms with Crippen LogP contribution in [-0.2, 0) is 0 Å². The maximum absolute atomic E-state index is 12.4. The number of rotatable bonds is 4. The Kier molecular flexibility index (Phi) is 3.45. The number of fused-ring (bicyclic) bond motifs is 1. The van der Waals surface area contributed by atoms with Gasteiger partial charge in [-0.05, 0) is 31.4 Å². The molecule has 0 bridgehead atoms. The number of imide groups is 1. The average Bonchev–Trinajstić information content (AvgIpc) is 2.62. The highest BCUT2D eigenvalue weighted by Gasteiger charge is 2.45. The van der Waals surface area contributed by atoms with Crippen LogP contribution >= 0.6 is 0 Å². The van der Waals surface area contributed by atoms with Gasteiger partial charge in [0.15, 0.2) is 0 Å². The number of amides is 2. The number of carbonyl (C=O) groups is 2. The molecule has 1 aromatic rings. The van der Waals surface area contributed by atoms with Crippen LogP contribution in [0.5, 0.6) is 0 Å². The van der Waals surface area contributed by atoms with Crippen LogP contribution in [0.4, 0.5) is 0 Å². The Balaban J connectivity index is 2.43. The first-order valence-electron chi connectivity index (χ1n) is 6.58. The molecule has 1 aliphatic heterocycles. The third-order valence-electron chi connectivity index (χ3n) is 3.62. The van der Waals surface area contributed by atoms with Gasteiger partial charge in [-0.2, -0.15) is 0 Å². The SMILES string of the molecule is CC(C)CC(C)(CN)N1C(=O)c2ccccc2C1=O. The lowest BCUT2D eigenvalue weighted by molar-refractivity contribution is 0.0427. The summed E-state index contributed by atoms with van der Waals surface area (Å²) in [5.74, 6) is -0.0961. The van der Waals surface area contributed by atoms with Gasteiger partial charge < -0.3 is 5.73 Å². The standard InChI is InChI=1S/C15H20N2O2/c1-10(2)8-15(3,9-16)17-13(18)11-6-4-5-7-12(11)14(17)19/h4-7,10H,8-9,16H2,1-3H3. The van der Waals surface area contributed by atoms with Crippen molar-refractivity contribution in [1.82, 2.24) is 4.90 Å². The fourth-order valence-corrected chi connectivity index (χ4v) is 2.82. The van der Waals surface area contributed by atoms with Gasteiger partial charge in [-0.3, -0.25) is 14.5 Å². The monoisotopic (exact) mass is 260 g/mol. The van der Waals surface area contributed by atoms with Crippen molar-refractivity contribution < 1.29 is 9.59 Å². The Morgan fingerprint density at radius 2 is 1.63 bits per heavy atom. The van der Waals surface area contributed by atoms with Gasteiger partial charge >= 0.3 is 0 Å². The molecule has 1 atom stereocenters. The molecule has 0 saturated carbocycles. The highest BCUT2D eigenvalue weighted by molar-refractivity contribution is 6.21. The van der Waals surface area contributed by atoms with E-state index < -0.39 is 5.54 Å². The molecular formula is C15H20N2O2. The lowest BCUT2D eigenvalue weighted by atomic mass is 9.89. The minimum absolute atomic E-state index is 0.228. The summed E-state index contributed by atoms with van der Waals surface area (Å²) in [6.45, 7) is 6.28. The minimum Gasteiger partial charge on any atom is -0.328 e. The molecule has 2 rings (SSSR count). The maximum Gasteiger partial charge on any atom is 0.262 e. The molecule has 0 aliphatic carbocycles. The largest absolute Gasteiger partial charge is 0.328 e. The molecule has 2 N–H and O–H groups in total. The van der Waals surface area contributed by atoms with Gasteiger partial charge in [0, 0.05) is 6.54 Å². The van der Waals surface area contributed by atoms with Crippen LogP contribution < -0.4 is 5.73 Å². The Hall–Kier alpha value is -1.68. The average molecular weight is 260 g/mol. The van der Waals surface area contributed by atoms with Gasteiger partial charge in [-0.25, -0.2) is 0 Å². The molecule has 0 aromatic heterocycles. The number of hydrogen-bond donors (Lipinski definition) is 1. The Bertz CT molecular complexity index is 490. The van der Waals surface area contributed by atoms with Crippen molar-refractivity contribution in [2.75, 3.05) is 6.54 Å². The van der Waals surface area contributed by atoms with E-state index in [4.69, 9.17) is 5.73 Å². The third kappa shape index (κ3) is 2.16. The van der Waals surface area contributed by atoms with Crippen LogP contribution in [0.1, 0.15) is 47.9 Å². The molecule has 0 radical (unpaired) electrons. The molecule has 1 aliphatic rings. The predicted octanol–water partition coefficient (Wildman–Crippen LogP) is 2.05. The van der Waals surface area contributed by atoms with Crippen LogP contribution in [0.15, 0.2) is 24.3 Å². The molecule has 19 heavy (non-hydrogen) atoms. The fraction of sp³-hybridized carbons (Fsp3) is 0.467. The smallest absolute Gasteiger partial charge is 0.262 e. The third-order valence-corrected chi connectivity index (χ3v) is 3.62. The van der Waals surface area contributed by atoms with Gasteiger partial charge in [0.05, 0.1) is 16.7 Å². The van der Waals surface area contributed by atoms with Gasteiger partial charge in [-0.1, -0.05) is 26.0 Å². The zero-order valence-electron chi connectivity index (χ0n) is 11.6. The minimum atomic E-state index is -0.624. The maximum atomic E-state index is 12.4. The van der Waals surface area contributed by atoms with Crippen LogP contribution in [0.3, 0.4) is 0 Å². The Morgan fingerprint density at radius 1 is 1.16 bits per heavy atom. The van der Waals surface area contributed by atoms with Crippen molar-refractivity contribution in [2.24, 2.45) is 11.7 Å². The molecular weight excluding hydrogens is 240 g/mol. The van der Waals surface area contributed by atoms with E-state index in [9.17, 15) is 9.59 Å². The van der Waals surface area contributed by atoms with Crippen molar-refractivity contribution in [2.45, 2.75) is 32.7 Å². The second kappa shape index (κ2) is 4.78. The number of carbonyl (C=O) groups excluding carboxylic acids is 2. The summed E-state index contributed by atoms with van der Waals surface area (Å²) in [6.07, 6.45) is 0.703. The van der Waals surface area contributed by atoms with E-state index >= 15 is 0 Å². The van der Waals surface area contributed by atoms with E-state index in [1.54, 1.807) is 24.3 Å². The summed E-state index contributed by atoms with van der Waals surface area (Å²) >= 11 is 0. The highest BCUT2D eigenvalue weighted by Crippen LogP contribution is 2.32. The van der Waals surface area contributed by atoms with E-state index in [-0.39, 0.29) is 18.4 Å².